The quantitative estimate of drug-likeness (QED) is 0.496. The van der Waals surface area contributed by atoms with E-state index in [1.165, 1.54) is 30.0 Å². The molecule has 3 rings (SSSR count). The number of ether oxygens (including phenoxy) is 1. The average molecular weight is 360 g/mol. The maximum atomic E-state index is 12.9. The molecule has 2 N–H and O–H groups in total. The first-order chi connectivity index (χ1) is 12.5. The monoisotopic (exact) mass is 360 g/mol. The number of nitrogens with one attached hydrogen (secondary N) is 2. The van der Waals surface area contributed by atoms with Gasteiger partial charge >= 0.3 is 5.69 Å². The van der Waals surface area contributed by atoms with E-state index in [1.54, 1.807) is 23.8 Å². The summed E-state index contributed by atoms with van der Waals surface area (Å²) in [6.07, 6.45) is 1.49. The zero-order valence-corrected chi connectivity index (χ0v) is 14.2. The van der Waals surface area contributed by atoms with Crippen molar-refractivity contribution in [3.63, 3.8) is 0 Å². The standard InChI is InChI=1S/C16H17FN6O3/c1-22-13-12(14(24)20-16(22)25)23(7-8-26-2)15(19-13)21-18-9-10-3-5-11(17)6-4-10/h3-6,9H,7-8H2,1-2H3,(H,19,21)(H,20,24,25). The number of methoxy groups -OCH3 is 1. The lowest BCUT2D eigenvalue weighted by Gasteiger charge is -2.07. The summed E-state index contributed by atoms with van der Waals surface area (Å²) >= 11 is 0. The van der Waals surface area contributed by atoms with E-state index in [2.05, 4.69) is 20.5 Å². The smallest absolute Gasteiger partial charge is 0.329 e. The number of rotatable bonds is 6. The first kappa shape index (κ1) is 17.5. The number of hydrazone groups is 1. The van der Waals surface area contributed by atoms with Crippen LogP contribution in [-0.2, 0) is 18.3 Å². The molecule has 0 radical (unpaired) electrons. The van der Waals surface area contributed by atoms with E-state index in [-0.39, 0.29) is 22.9 Å². The van der Waals surface area contributed by atoms with Crippen LogP contribution in [0.5, 0.6) is 0 Å². The second kappa shape index (κ2) is 7.31. The molecule has 0 fully saturated rings. The van der Waals surface area contributed by atoms with Crippen molar-refractivity contribution >= 4 is 23.3 Å². The van der Waals surface area contributed by atoms with Crippen LogP contribution in [0, 0.1) is 5.82 Å². The summed E-state index contributed by atoms with van der Waals surface area (Å²) < 4.78 is 20.8. The molecule has 10 heteroatoms. The summed E-state index contributed by atoms with van der Waals surface area (Å²) in [5.41, 5.74) is 2.81. The van der Waals surface area contributed by atoms with Gasteiger partial charge in [0.2, 0.25) is 5.95 Å². The van der Waals surface area contributed by atoms with Crippen molar-refractivity contribution in [2.45, 2.75) is 6.54 Å². The van der Waals surface area contributed by atoms with Gasteiger partial charge in [0.05, 0.1) is 12.8 Å². The number of aromatic nitrogens is 4. The summed E-state index contributed by atoms with van der Waals surface area (Å²) in [5.74, 6) is -0.0567. The molecule has 0 unspecified atom stereocenters. The zero-order valence-electron chi connectivity index (χ0n) is 14.2. The van der Waals surface area contributed by atoms with Gasteiger partial charge in [-0.2, -0.15) is 10.1 Å². The van der Waals surface area contributed by atoms with Gasteiger partial charge in [-0.3, -0.25) is 14.3 Å². The molecular weight excluding hydrogens is 343 g/mol. The van der Waals surface area contributed by atoms with Gasteiger partial charge in [-0.05, 0) is 17.7 Å². The molecule has 0 aliphatic heterocycles. The van der Waals surface area contributed by atoms with Crippen LogP contribution >= 0.6 is 0 Å². The summed E-state index contributed by atoms with van der Waals surface area (Å²) in [6.45, 7) is 0.673. The third kappa shape index (κ3) is 3.40. The number of halogens is 1. The summed E-state index contributed by atoms with van der Waals surface area (Å²) in [4.78, 5) is 30.5. The number of anilines is 1. The number of nitrogens with zero attached hydrogens (tertiary/aromatic N) is 4. The lowest BCUT2D eigenvalue weighted by molar-refractivity contribution is 0.188. The maximum Gasteiger partial charge on any atom is 0.329 e. The van der Waals surface area contributed by atoms with E-state index in [4.69, 9.17) is 4.74 Å². The minimum absolute atomic E-state index is 0.231. The Morgan fingerprint density at radius 1 is 1.35 bits per heavy atom. The summed E-state index contributed by atoms with van der Waals surface area (Å²) in [7, 11) is 3.05. The molecule has 26 heavy (non-hydrogen) atoms. The average Bonchev–Trinajstić information content (AvgIpc) is 2.99. The largest absolute Gasteiger partial charge is 0.383 e. The van der Waals surface area contributed by atoms with E-state index in [1.807, 2.05) is 0 Å². The molecule has 9 nitrogen and oxygen atoms in total. The third-order valence-corrected chi connectivity index (χ3v) is 3.77. The van der Waals surface area contributed by atoms with Crippen molar-refractivity contribution in [2.24, 2.45) is 12.1 Å². The number of aromatic amines is 1. The van der Waals surface area contributed by atoms with Gasteiger partial charge in [-0.1, -0.05) is 12.1 Å². The minimum Gasteiger partial charge on any atom is -0.383 e. The van der Waals surface area contributed by atoms with Crippen molar-refractivity contribution in [3.8, 4) is 0 Å². The highest BCUT2D eigenvalue weighted by Gasteiger charge is 2.16. The van der Waals surface area contributed by atoms with Crippen LogP contribution in [-0.4, -0.2) is 39.0 Å². The molecule has 0 aliphatic rings. The predicted octanol–water partition coefficient (Wildman–Crippen LogP) is 0.655. The third-order valence-electron chi connectivity index (χ3n) is 3.77. The van der Waals surface area contributed by atoms with Crippen LogP contribution in [0.2, 0.25) is 0 Å². The Morgan fingerprint density at radius 3 is 2.77 bits per heavy atom. The highest BCUT2D eigenvalue weighted by Crippen LogP contribution is 2.15. The fourth-order valence-electron chi connectivity index (χ4n) is 2.43. The molecule has 0 aliphatic carbocycles. The van der Waals surface area contributed by atoms with Gasteiger partial charge in [0.1, 0.15) is 5.82 Å². The van der Waals surface area contributed by atoms with Gasteiger partial charge in [0.15, 0.2) is 11.2 Å². The number of H-pyrrole nitrogens is 1. The van der Waals surface area contributed by atoms with E-state index >= 15 is 0 Å². The Morgan fingerprint density at radius 2 is 2.08 bits per heavy atom. The molecule has 136 valence electrons. The lowest BCUT2D eigenvalue weighted by Crippen LogP contribution is -2.29. The van der Waals surface area contributed by atoms with Crippen molar-refractivity contribution in [1.82, 2.24) is 19.1 Å². The van der Waals surface area contributed by atoms with E-state index in [0.29, 0.717) is 18.7 Å². The topological polar surface area (TPSA) is 106 Å². The number of fused-ring (bicyclic) bond motifs is 1. The number of benzene rings is 1. The minimum atomic E-state index is -0.555. The van der Waals surface area contributed by atoms with Crippen LogP contribution < -0.4 is 16.7 Å². The van der Waals surface area contributed by atoms with Gasteiger partial charge in [0, 0.05) is 20.7 Å². The van der Waals surface area contributed by atoms with Crippen molar-refractivity contribution in [1.29, 1.82) is 0 Å². The second-order valence-corrected chi connectivity index (χ2v) is 5.49. The molecule has 2 heterocycles. The fourth-order valence-corrected chi connectivity index (χ4v) is 2.43. The van der Waals surface area contributed by atoms with Crippen LogP contribution in [0.1, 0.15) is 5.56 Å². The number of imidazole rings is 1. The molecule has 0 atom stereocenters. The van der Waals surface area contributed by atoms with E-state index < -0.39 is 11.2 Å². The van der Waals surface area contributed by atoms with E-state index in [9.17, 15) is 14.0 Å². The molecule has 0 amide bonds. The molecule has 2 aromatic heterocycles. The number of aryl methyl sites for hydroxylation is 1. The summed E-state index contributed by atoms with van der Waals surface area (Å²) in [6, 6.07) is 5.79. The van der Waals surface area contributed by atoms with Gasteiger partial charge < -0.3 is 9.30 Å². The van der Waals surface area contributed by atoms with Gasteiger partial charge in [0.25, 0.3) is 5.56 Å². The Labute approximate surface area is 146 Å². The van der Waals surface area contributed by atoms with Crippen LogP contribution in [0.3, 0.4) is 0 Å². The Bertz CT molecular complexity index is 1060. The maximum absolute atomic E-state index is 12.9. The van der Waals surface area contributed by atoms with Crippen LogP contribution in [0.15, 0.2) is 39.0 Å². The first-order valence-electron chi connectivity index (χ1n) is 7.74. The van der Waals surface area contributed by atoms with Crippen LogP contribution in [0.4, 0.5) is 10.3 Å². The Hall–Kier alpha value is -3.27. The molecule has 0 saturated heterocycles. The fraction of sp³-hybridized carbons (Fsp3) is 0.250. The number of hydrogen-bond acceptors (Lipinski definition) is 6. The predicted molar refractivity (Wildman–Crippen MR) is 95.1 cm³/mol. The second-order valence-electron chi connectivity index (χ2n) is 5.49. The highest BCUT2D eigenvalue weighted by atomic mass is 19.1. The molecule has 3 aromatic rings. The zero-order chi connectivity index (χ0) is 18.7. The highest BCUT2D eigenvalue weighted by molar-refractivity contribution is 5.80. The van der Waals surface area contributed by atoms with Crippen molar-refractivity contribution in [3.05, 3.63) is 56.5 Å². The first-order valence-corrected chi connectivity index (χ1v) is 7.74. The molecular formula is C16H17FN6O3. The molecule has 0 saturated carbocycles. The summed E-state index contributed by atoms with van der Waals surface area (Å²) in [5, 5.41) is 4.07. The SMILES string of the molecule is COCCn1c(NN=Cc2ccc(F)cc2)nc2c1c(=O)[nH]c(=O)n2C. The number of hydrogen-bond donors (Lipinski definition) is 2. The van der Waals surface area contributed by atoms with Gasteiger partial charge in [-0.15, -0.1) is 0 Å². The normalized spacial score (nSPS) is 11.5. The van der Waals surface area contributed by atoms with Gasteiger partial charge in [-0.25, -0.2) is 14.6 Å². The Balaban J connectivity index is 1.99. The van der Waals surface area contributed by atoms with Crippen molar-refractivity contribution < 1.29 is 9.13 Å². The molecule has 0 spiro atoms. The molecule has 1 aromatic carbocycles. The van der Waals surface area contributed by atoms with E-state index in [0.717, 1.165) is 0 Å². The molecule has 0 bridgehead atoms. The lowest BCUT2D eigenvalue weighted by atomic mass is 10.2. The Kier molecular flexibility index (Phi) is 4.94. The van der Waals surface area contributed by atoms with Crippen LogP contribution in [0.25, 0.3) is 11.2 Å². The van der Waals surface area contributed by atoms with Crippen molar-refractivity contribution in [2.75, 3.05) is 19.1 Å².